The van der Waals surface area contributed by atoms with E-state index in [9.17, 15) is 24.6 Å². The first-order valence-corrected chi connectivity index (χ1v) is 25.7. The maximum Gasteiger partial charge on any atom is 0.226 e. The summed E-state index contributed by atoms with van der Waals surface area (Å²) in [6.45, 7) is 27.1. The second-order valence-corrected chi connectivity index (χ2v) is 22.6. The van der Waals surface area contributed by atoms with E-state index in [2.05, 4.69) is 131 Å². The number of nitrogens with zero attached hydrogens (tertiary/aromatic N) is 2. The molecule has 4 aromatic rings. The summed E-state index contributed by atoms with van der Waals surface area (Å²) in [4.78, 5) is 43.6. The van der Waals surface area contributed by atoms with Crippen molar-refractivity contribution in [2.75, 3.05) is 23.4 Å². The van der Waals surface area contributed by atoms with Crippen LogP contribution in [0.3, 0.4) is 0 Å². The van der Waals surface area contributed by atoms with Gasteiger partial charge in [0, 0.05) is 64.8 Å². The molecule has 6 rings (SSSR count). The van der Waals surface area contributed by atoms with Gasteiger partial charge in [-0.2, -0.15) is 4.58 Å². The summed E-state index contributed by atoms with van der Waals surface area (Å²) in [5, 5.41) is 28.0. The average molecular weight is 960 g/mol. The van der Waals surface area contributed by atoms with Gasteiger partial charge in [0.05, 0.1) is 35.6 Å². The number of ketones is 1. The highest BCUT2D eigenvalue weighted by Gasteiger charge is 2.40. The van der Waals surface area contributed by atoms with Crippen LogP contribution in [0.1, 0.15) is 130 Å². The normalized spacial score (nSPS) is 17.0. The largest absolute Gasteiger partial charge is 0.506 e. The summed E-state index contributed by atoms with van der Waals surface area (Å²) in [6, 6.07) is 30.4. The van der Waals surface area contributed by atoms with E-state index >= 15 is 0 Å². The van der Waals surface area contributed by atoms with Crippen LogP contribution in [0.2, 0.25) is 0 Å². The smallest absolute Gasteiger partial charge is 0.226 e. The number of rotatable bonds is 19. The summed E-state index contributed by atoms with van der Waals surface area (Å²) >= 11 is 0. The van der Waals surface area contributed by atoms with Gasteiger partial charge in [0.25, 0.3) is 0 Å². The summed E-state index contributed by atoms with van der Waals surface area (Å²) in [6.07, 6.45) is 10.8. The molecule has 9 heteroatoms. The predicted molar refractivity (Wildman–Crippen MR) is 293 cm³/mol. The fraction of sp³-hybridized carbons (Fsp3) is 0.419. The number of carbonyl (C=O) groups excluding carboxylic acids is 3. The number of aryl methyl sites for hydroxylation is 3. The van der Waals surface area contributed by atoms with Gasteiger partial charge < -0.3 is 25.7 Å². The van der Waals surface area contributed by atoms with Gasteiger partial charge in [0.1, 0.15) is 5.76 Å². The lowest BCUT2D eigenvalue weighted by molar-refractivity contribution is -0.450. The SMILES string of the molecule is CCCC(=O)Nc1cc(N(c2ccc(C)cc2)c2ccc(C)cc2)ccc1C1=C(O)/C(=C2/C=CC(=[N+](CC(CCC(C)CC(C)(C)C)C(C)CC(C)(C)C)c3ccc(C)cc3)C=C2NC(=O)CCO)C1=O. The number of hydrogen-bond acceptors (Lipinski definition) is 6. The third-order valence-electron chi connectivity index (χ3n) is 13.5. The van der Waals surface area contributed by atoms with Crippen molar-refractivity contribution >= 4 is 57.3 Å². The fourth-order valence-electron chi connectivity index (χ4n) is 10.2. The van der Waals surface area contributed by atoms with Crippen molar-refractivity contribution in [1.82, 2.24) is 5.32 Å². The Hall–Kier alpha value is -6.32. The molecule has 376 valence electrons. The molecule has 3 atom stereocenters. The number of nitrogens with one attached hydrogen (secondary N) is 2. The van der Waals surface area contributed by atoms with Crippen LogP contribution in [-0.4, -0.2) is 51.2 Å². The molecule has 4 aromatic carbocycles. The van der Waals surface area contributed by atoms with Crippen molar-refractivity contribution in [3.8, 4) is 0 Å². The van der Waals surface area contributed by atoms with Crippen LogP contribution >= 0.6 is 0 Å². The maximum atomic E-state index is 14.7. The van der Waals surface area contributed by atoms with Crippen LogP contribution in [-0.2, 0) is 14.4 Å². The van der Waals surface area contributed by atoms with E-state index in [1.807, 2.05) is 69.3 Å². The molecule has 4 N–H and O–H groups in total. The van der Waals surface area contributed by atoms with E-state index in [1.54, 1.807) is 12.1 Å². The predicted octanol–water partition coefficient (Wildman–Crippen LogP) is 14.2. The Morgan fingerprint density at radius 3 is 1.77 bits per heavy atom. The van der Waals surface area contributed by atoms with Crippen LogP contribution in [0.15, 0.2) is 132 Å². The molecular formula is C62H79N4O5+. The van der Waals surface area contributed by atoms with Crippen molar-refractivity contribution in [2.45, 2.75) is 128 Å². The molecule has 0 aliphatic heterocycles. The number of amides is 2. The van der Waals surface area contributed by atoms with E-state index in [4.69, 9.17) is 0 Å². The highest BCUT2D eigenvalue weighted by atomic mass is 16.3. The average Bonchev–Trinajstić information content (AvgIpc) is 3.28. The summed E-state index contributed by atoms with van der Waals surface area (Å²) in [5.74, 6) is 0.0288. The summed E-state index contributed by atoms with van der Waals surface area (Å²) in [7, 11) is 0. The number of anilines is 4. The molecule has 2 amide bonds. The Labute approximate surface area is 424 Å². The van der Waals surface area contributed by atoms with Gasteiger partial charge in [0.15, 0.2) is 6.54 Å². The quantitative estimate of drug-likeness (QED) is 0.0549. The van der Waals surface area contributed by atoms with Crippen LogP contribution in [0.5, 0.6) is 0 Å². The number of hydrogen-bond donors (Lipinski definition) is 4. The number of aliphatic hydroxyl groups excluding tert-OH is 2. The van der Waals surface area contributed by atoms with Crippen LogP contribution in [0.25, 0.3) is 5.57 Å². The Kier molecular flexibility index (Phi) is 17.7. The van der Waals surface area contributed by atoms with Gasteiger partial charge in [-0.15, -0.1) is 0 Å². The molecule has 0 fully saturated rings. The second-order valence-electron chi connectivity index (χ2n) is 22.6. The van der Waals surface area contributed by atoms with Gasteiger partial charge in [-0.1, -0.05) is 122 Å². The molecule has 0 bridgehead atoms. The number of benzene rings is 4. The zero-order valence-corrected chi connectivity index (χ0v) is 44.5. The minimum absolute atomic E-state index is 0.0631. The number of Topliss-reactive ketones (excluding diaryl/α,β-unsaturated/α-hetero) is 1. The van der Waals surface area contributed by atoms with E-state index in [0.29, 0.717) is 46.7 Å². The first-order chi connectivity index (χ1) is 33.5. The first-order valence-electron chi connectivity index (χ1n) is 25.7. The molecule has 0 saturated heterocycles. The fourth-order valence-corrected chi connectivity index (χ4v) is 10.2. The lowest BCUT2D eigenvalue weighted by atomic mass is 9.76. The van der Waals surface area contributed by atoms with Crippen LogP contribution in [0, 0.1) is 49.4 Å². The number of aliphatic hydroxyl groups is 2. The first kappa shape index (κ1) is 54.0. The van der Waals surface area contributed by atoms with Crippen molar-refractivity contribution in [3.63, 3.8) is 0 Å². The number of allylic oxidation sites excluding steroid dienone is 5. The molecule has 0 heterocycles. The minimum atomic E-state index is -0.420. The van der Waals surface area contributed by atoms with Gasteiger partial charge in [-0.25, -0.2) is 0 Å². The zero-order valence-electron chi connectivity index (χ0n) is 44.5. The summed E-state index contributed by atoms with van der Waals surface area (Å²) < 4.78 is 2.32. The van der Waals surface area contributed by atoms with Gasteiger partial charge in [-0.3, -0.25) is 14.4 Å². The van der Waals surface area contributed by atoms with Gasteiger partial charge in [0.2, 0.25) is 29.0 Å². The second kappa shape index (κ2) is 23.3. The van der Waals surface area contributed by atoms with E-state index in [0.717, 1.165) is 77.4 Å². The molecule has 2 aliphatic carbocycles. The molecular weight excluding hydrogens is 881 g/mol. The number of carbonyl (C=O) groups is 3. The van der Waals surface area contributed by atoms with Crippen molar-refractivity contribution in [3.05, 3.63) is 154 Å². The molecule has 0 radical (unpaired) electrons. The monoisotopic (exact) mass is 960 g/mol. The molecule has 71 heavy (non-hydrogen) atoms. The molecule has 3 unspecified atom stereocenters. The highest BCUT2D eigenvalue weighted by molar-refractivity contribution is 6.40. The van der Waals surface area contributed by atoms with Crippen LogP contribution < -0.4 is 15.5 Å². The van der Waals surface area contributed by atoms with Crippen molar-refractivity contribution in [1.29, 1.82) is 0 Å². The molecule has 9 nitrogen and oxygen atoms in total. The third kappa shape index (κ3) is 14.2. The van der Waals surface area contributed by atoms with Crippen molar-refractivity contribution in [2.24, 2.45) is 28.6 Å². The molecule has 0 spiro atoms. The topological polar surface area (TPSA) is 122 Å². The maximum absolute atomic E-state index is 14.7. The Morgan fingerprint density at radius 1 is 0.690 bits per heavy atom. The van der Waals surface area contributed by atoms with Crippen molar-refractivity contribution < 1.29 is 29.2 Å². The highest BCUT2D eigenvalue weighted by Crippen LogP contribution is 2.45. The van der Waals surface area contributed by atoms with E-state index in [1.165, 1.54) is 0 Å². The standard InChI is InChI=1S/C62H78N4O5/c1-13-14-55(68)63-54-36-50(66(47-25-18-41(3)19-26-47)48-27-20-42(4)21-28-48)30-32-52(54)58-59(70)57(60(58)71)51-31-29-49(35-53(51)64-56(69)33-34-67)65(46-23-16-40(2)17-24-46)39-45(44(6)38-62(10,11)12)22-15-43(5)37-61(7,8)9/h16-21,23-32,35-36,43-45,67H,13-15,22,33-34,37-39H2,1-12H3,(H2,63,64,68,69,70,71)/p+1. The van der Waals surface area contributed by atoms with Gasteiger partial charge >= 0.3 is 0 Å². The lowest BCUT2D eigenvalue weighted by Crippen LogP contribution is -2.32. The van der Waals surface area contributed by atoms with E-state index in [-0.39, 0.29) is 53.1 Å². The van der Waals surface area contributed by atoms with E-state index < -0.39 is 11.7 Å². The molecule has 2 aliphatic rings. The molecule has 0 aromatic heterocycles. The third-order valence-corrected chi connectivity index (χ3v) is 13.5. The van der Waals surface area contributed by atoms with Crippen LogP contribution in [0.4, 0.5) is 28.4 Å². The van der Waals surface area contributed by atoms with Gasteiger partial charge in [-0.05, 0) is 118 Å². The Balaban J connectivity index is 1.48. The Bertz CT molecular complexity index is 2680. The Morgan fingerprint density at radius 2 is 1.24 bits per heavy atom. The minimum Gasteiger partial charge on any atom is -0.506 e. The zero-order chi connectivity index (χ0) is 51.8. The summed E-state index contributed by atoms with van der Waals surface area (Å²) in [5.41, 5.74) is 9.81. The molecule has 0 saturated carbocycles. The lowest BCUT2D eigenvalue weighted by Gasteiger charge is -2.31.